The van der Waals surface area contributed by atoms with Crippen LogP contribution < -0.4 is 9.47 Å². The van der Waals surface area contributed by atoms with E-state index in [9.17, 15) is 26.7 Å². The average Bonchev–Trinajstić information content (AvgIpc) is 2.91. The summed E-state index contributed by atoms with van der Waals surface area (Å²) in [5.41, 5.74) is -1.03. The number of ether oxygens (including phenoxy) is 2. The van der Waals surface area contributed by atoms with E-state index in [0.717, 1.165) is 55.6 Å². The fourth-order valence-electron chi connectivity index (χ4n) is 6.25. The van der Waals surface area contributed by atoms with Gasteiger partial charge in [0.15, 0.2) is 17.5 Å². The number of halogens is 5. The molecule has 4 rings (SSSR count). The molecule has 3 nitrogen and oxygen atoms in total. The second kappa shape index (κ2) is 13.6. The first kappa shape index (κ1) is 29.3. The van der Waals surface area contributed by atoms with Gasteiger partial charge in [0.2, 0.25) is 0 Å². The highest BCUT2D eigenvalue weighted by atomic mass is 19.2. The van der Waals surface area contributed by atoms with Crippen molar-refractivity contribution in [3.05, 3.63) is 58.9 Å². The molecule has 0 atom stereocenters. The third-order valence-corrected chi connectivity index (χ3v) is 8.54. The third kappa shape index (κ3) is 7.73. The predicted molar refractivity (Wildman–Crippen MR) is 138 cm³/mol. The van der Waals surface area contributed by atoms with Crippen LogP contribution >= 0.6 is 0 Å². The Hall–Kier alpha value is -2.64. The highest BCUT2D eigenvalue weighted by molar-refractivity contribution is 5.91. The van der Waals surface area contributed by atoms with Gasteiger partial charge in [-0.2, -0.15) is 0 Å². The molecule has 0 amide bonds. The lowest BCUT2D eigenvalue weighted by Crippen LogP contribution is -2.27. The monoisotopic (exact) mass is 552 g/mol. The fraction of sp³-hybridized carbons (Fsp3) is 0.581. The molecule has 2 saturated carbocycles. The molecule has 214 valence electrons. The molecular weight excluding hydrogens is 515 g/mol. The SMILES string of the molecule is CCCCCC1CCC(C2CCC(COc3cc(F)c(C(=O)Oc4cc(F)c(F)c(F)c4)c(F)c3)CC2)CC1. The standard InChI is InChI=1S/C31H37F5O3/c1-2-3-4-5-19-6-10-21(11-7-19)22-12-8-20(9-13-22)18-38-23-14-25(32)29(26(33)15-23)31(37)39-24-16-27(34)30(36)28(35)17-24/h14-17,19-22H,2-13,18H2,1H3. The molecule has 0 aliphatic heterocycles. The van der Waals surface area contributed by atoms with Crippen LogP contribution in [0.4, 0.5) is 22.0 Å². The number of carbonyl (C=O) groups excluding carboxylic acids is 1. The molecule has 0 bridgehead atoms. The van der Waals surface area contributed by atoms with E-state index < -0.39 is 46.4 Å². The van der Waals surface area contributed by atoms with Gasteiger partial charge in [-0.3, -0.25) is 0 Å². The summed E-state index contributed by atoms with van der Waals surface area (Å²) in [5, 5.41) is 0. The van der Waals surface area contributed by atoms with Gasteiger partial charge in [-0.1, -0.05) is 45.4 Å². The lowest BCUT2D eigenvalue weighted by atomic mass is 9.69. The lowest BCUT2D eigenvalue weighted by molar-refractivity contribution is 0.0723. The van der Waals surface area contributed by atoms with Crippen LogP contribution in [0.5, 0.6) is 11.5 Å². The van der Waals surface area contributed by atoms with Crippen LogP contribution in [0.1, 0.15) is 94.3 Å². The maximum Gasteiger partial charge on any atom is 0.349 e. The Bertz CT molecular complexity index is 1080. The van der Waals surface area contributed by atoms with Crippen molar-refractivity contribution < 1.29 is 36.2 Å². The van der Waals surface area contributed by atoms with Gasteiger partial charge in [-0.25, -0.2) is 26.7 Å². The van der Waals surface area contributed by atoms with Gasteiger partial charge in [-0.05, 0) is 62.2 Å². The second-order valence-electron chi connectivity index (χ2n) is 11.2. The molecule has 0 N–H and O–H groups in total. The zero-order valence-corrected chi connectivity index (χ0v) is 22.4. The molecular formula is C31H37F5O3. The second-order valence-corrected chi connectivity index (χ2v) is 11.2. The molecule has 0 unspecified atom stereocenters. The van der Waals surface area contributed by atoms with Crippen molar-refractivity contribution in [3.8, 4) is 11.5 Å². The van der Waals surface area contributed by atoms with E-state index in [0.29, 0.717) is 24.7 Å². The van der Waals surface area contributed by atoms with Crippen molar-refractivity contribution in [3.63, 3.8) is 0 Å². The largest absolute Gasteiger partial charge is 0.493 e. The summed E-state index contributed by atoms with van der Waals surface area (Å²) in [4.78, 5) is 12.2. The summed E-state index contributed by atoms with van der Waals surface area (Å²) in [6.45, 7) is 2.57. The van der Waals surface area contributed by atoms with Gasteiger partial charge in [0.05, 0.1) is 6.61 Å². The zero-order chi connectivity index (χ0) is 27.9. The summed E-state index contributed by atoms with van der Waals surface area (Å²) >= 11 is 0. The molecule has 2 aromatic carbocycles. The number of esters is 1. The van der Waals surface area contributed by atoms with Gasteiger partial charge in [0.1, 0.15) is 28.7 Å². The van der Waals surface area contributed by atoms with Crippen LogP contribution in [0.3, 0.4) is 0 Å². The number of unbranched alkanes of at least 4 members (excludes halogenated alkanes) is 2. The van der Waals surface area contributed by atoms with Crippen LogP contribution in [0.2, 0.25) is 0 Å². The average molecular weight is 553 g/mol. The summed E-state index contributed by atoms with van der Waals surface area (Å²) in [5.74, 6) is -6.91. The number of hydrogen-bond acceptors (Lipinski definition) is 3. The molecule has 0 heterocycles. The van der Waals surface area contributed by atoms with E-state index >= 15 is 0 Å². The Morgan fingerprint density at radius 1 is 0.718 bits per heavy atom. The van der Waals surface area contributed by atoms with E-state index in [1.165, 1.54) is 51.4 Å². The highest BCUT2D eigenvalue weighted by Crippen LogP contribution is 2.42. The molecule has 39 heavy (non-hydrogen) atoms. The molecule has 2 aliphatic rings. The van der Waals surface area contributed by atoms with Gasteiger partial charge in [0.25, 0.3) is 0 Å². The minimum atomic E-state index is -1.75. The minimum Gasteiger partial charge on any atom is -0.493 e. The number of hydrogen-bond donors (Lipinski definition) is 0. The summed E-state index contributed by atoms with van der Waals surface area (Å²) in [6.07, 6.45) is 15.1. The molecule has 8 heteroatoms. The van der Waals surface area contributed by atoms with Crippen LogP contribution in [-0.4, -0.2) is 12.6 Å². The first-order chi connectivity index (χ1) is 18.7. The maximum atomic E-state index is 14.6. The van der Waals surface area contributed by atoms with E-state index in [-0.39, 0.29) is 5.75 Å². The van der Waals surface area contributed by atoms with Crippen molar-refractivity contribution in [1.29, 1.82) is 0 Å². The van der Waals surface area contributed by atoms with Crippen LogP contribution in [-0.2, 0) is 0 Å². The van der Waals surface area contributed by atoms with Crippen LogP contribution in [0, 0.1) is 52.8 Å². The number of rotatable bonds is 10. The highest BCUT2D eigenvalue weighted by Gasteiger charge is 2.31. The van der Waals surface area contributed by atoms with E-state index in [1.54, 1.807) is 0 Å². The van der Waals surface area contributed by atoms with Crippen molar-refractivity contribution in [2.45, 2.75) is 84.0 Å². The van der Waals surface area contributed by atoms with Crippen LogP contribution in [0.25, 0.3) is 0 Å². The van der Waals surface area contributed by atoms with Gasteiger partial charge < -0.3 is 9.47 Å². The normalized spacial score (nSPS) is 23.4. The first-order valence-corrected chi connectivity index (χ1v) is 14.2. The summed E-state index contributed by atoms with van der Waals surface area (Å²) in [6, 6.07) is 2.60. The Kier molecular flexibility index (Phi) is 10.2. The molecule has 0 saturated heterocycles. The van der Waals surface area contributed by atoms with Crippen molar-refractivity contribution in [2.24, 2.45) is 23.7 Å². The molecule has 0 spiro atoms. The fourth-order valence-corrected chi connectivity index (χ4v) is 6.25. The quantitative estimate of drug-likeness (QED) is 0.0969. The first-order valence-electron chi connectivity index (χ1n) is 14.2. The Balaban J connectivity index is 1.24. The topological polar surface area (TPSA) is 35.5 Å². The maximum absolute atomic E-state index is 14.6. The zero-order valence-electron chi connectivity index (χ0n) is 22.4. The van der Waals surface area contributed by atoms with E-state index in [4.69, 9.17) is 4.74 Å². The van der Waals surface area contributed by atoms with Crippen molar-refractivity contribution in [1.82, 2.24) is 0 Å². The summed E-state index contributed by atoms with van der Waals surface area (Å²) in [7, 11) is 0. The van der Waals surface area contributed by atoms with Gasteiger partial charge in [-0.15, -0.1) is 0 Å². The van der Waals surface area contributed by atoms with E-state index in [1.807, 2.05) is 0 Å². The smallest absolute Gasteiger partial charge is 0.349 e. The number of carbonyl (C=O) groups is 1. The molecule has 0 radical (unpaired) electrons. The van der Waals surface area contributed by atoms with Crippen LogP contribution in [0.15, 0.2) is 24.3 Å². The van der Waals surface area contributed by atoms with Gasteiger partial charge in [0, 0.05) is 24.3 Å². The molecule has 0 aromatic heterocycles. The Labute approximate surface area is 227 Å². The van der Waals surface area contributed by atoms with Crippen molar-refractivity contribution in [2.75, 3.05) is 6.61 Å². The van der Waals surface area contributed by atoms with Gasteiger partial charge >= 0.3 is 5.97 Å². The third-order valence-electron chi connectivity index (χ3n) is 8.54. The minimum absolute atomic E-state index is 0.0519. The Morgan fingerprint density at radius 2 is 1.23 bits per heavy atom. The molecule has 2 aromatic rings. The lowest BCUT2D eigenvalue weighted by Gasteiger charge is -2.38. The van der Waals surface area contributed by atoms with E-state index in [2.05, 4.69) is 11.7 Å². The van der Waals surface area contributed by atoms with Crippen molar-refractivity contribution >= 4 is 5.97 Å². The predicted octanol–water partition coefficient (Wildman–Crippen LogP) is 9.17. The number of benzene rings is 2. The summed E-state index contributed by atoms with van der Waals surface area (Å²) < 4.78 is 79.3. The molecule has 2 aliphatic carbocycles. The molecule has 2 fully saturated rings. The Morgan fingerprint density at radius 3 is 1.77 bits per heavy atom.